The Hall–Kier alpha value is -0.220. The molecule has 0 saturated heterocycles. The standard InChI is InChI=1S/C12H23NO2S/c1-9(2)5-7-16-8-6-11(12(14)15)13-10-3-4-10/h9-11,13H,3-8H2,1-2H3,(H,14,15). The predicted octanol–water partition coefficient (Wildman–Crippen LogP) is 2.36. The van der Waals surface area contributed by atoms with Crippen LogP contribution < -0.4 is 5.32 Å². The number of rotatable bonds is 9. The summed E-state index contributed by atoms with van der Waals surface area (Å²) in [5.74, 6) is 2.14. The summed E-state index contributed by atoms with van der Waals surface area (Å²) in [6.45, 7) is 4.44. The second kappa shape index (κ2) is 7.17. The fraction of sp³-hybridized carbons (Fsp3) is 0.917. The molecule has 0 amide bonds. The van der Waals surface area contributed by atoms with Gasteiger partial charge < -0.3 is 10.4 Å². The first-order chi connectivity index (χ1) is 7.59. The number of carboxylic acids is 1. The van der Waals surface area contributed by atoms with E-state index in [0.717, 1.165) is 36.7 Å². The summed E-state index contributed by atoms with van der Waals surface area (Å²) in [6.07, 6.45) is 4.25. The van der Waals surface area contributed by atoms with Gasteiger partial charge in [-0.25, -0.2) is 0 Å². The van der Waals surface area contributed by atoms with Crippen molar-refractivity contribution in [3.63, 3.8) is 0 Å². The molecule has 1 aliphatic carbocycles. The Labute approximate surface area is 102 Å². The van der Waals surface area contributed by atoms with E-state index in [4.69, 9.17) is 5.11 Å². The van der Waals surface area contributed by atoms with E-state index in [1.807, 2.05) is 11.8 Å². The van der Waals surface area contributed by atoms with Crippen LogP contribution in [0, 0.1) is 5.92 Å². The molecule has 0 bridgehead atoms. The van der Waals surface area contributed by atoms with Gasteiger partial charge in [0.15, 0.2) is 0 Å². The minimum Gasteiger partial charge on any atom is -0.480 e. The fourth-order valence-corrected chi connectivity index (χ4v) is 2.68. The highest BCUT2D eigenvalue weighted by molar-refractivity contribution is 7.99. The van der Waals surface area contributed by atoms with Gasteiger partial charge in [0.2, 0.25) is 0 Å². The van der Waals surface area contributed by atoms with Crippen molar-refractivity contribution in [2.45, 2.75) is 51.6 Å². The summed E-state index contributed by atoms with van der Waals surface area (Å²) in [7, 11) is 0. The van der Waals surface area contributed by atoms with Gasteiger partial charge in [0.1, 0.15) is 6.04 Å². The van der Waals surface area contributed by atoms with Crippen molar-refractivity contribution < 1.29 is 9.90 Å². The van der Waals surface area contributed by atoms with Crippen LogP contribution in [0.5, 0.6) is 0 Å². The average Bonchev–Trinajstić information content (AvgIpc) is 2.98. The molecule has 16 heavy (non-hydrogen) atoms. The molecule has 94 valence electrons. The average molecular weight is 245 g/mol. The molecule has 0 radical (unpaired) electrons. The molecule has 0 aromatic heterocycles. The van der Waals surface area contributed by atoms with Crippen LogP contribution in [-0.2, 0) is 4.79 Å². The van der Waals surface area contributed by atoms with Crippen molar-refractivity contribution in [2.75, 3.05) is 11.5 Å². The van der Waals surface area contributed by atoms with Crippen molar-refractivity contribution in [3.05, 3.63) is 0 Å². The Morgan fingerprint density at radius 1 is 1.38 bits per heavy atom. The van der Waals surface area contributed by atoms with Crippen LogP contribution in [0.1, 0.15) is 39.5 Å². The summed E-state index contributed by atoms with van der Waals surface area (Å²) in [5.41, 5.74) is 0. The van der Waals surface area contributed by atoms with Crippen LogP contribution in [0.4, 0.5) is 0 Å². The van der Waals surface area contributed by atoms with Crippen molar-refractivity contribution in [1.29, 1.82) is 0 Å². The Kier molecular flexibility index (Phi) is 6.21. The van der Waals surface area contributed by atoms with Gasteiger partial charge in [0.05, 0.1) is 0 Å². The summed E-state index contributed by atoms with van der Waals surface area (Å²) in [5, 5.41) is 12.2. The maximum absolute atomic E-state index is 11.0. The van der Waals surface area contributed by atoms with Crippen LogP contribution in [0.15, 0.2) is 0 Å². The zero-order valence-electron chi connectivity index (χ0n) is 10.2. The van der Waals surface area contributed by atoms with Crippen LogP contribution in [0.25, 0.3) is 0 Å². The van der Waals surface area contributed by atoms with E-state index in [2.05, 4.69) is 19.2 Å². The lowest BCUT2D eigenvalue weighted by Gasteiger charge is -2.13. The second-order valence-corrected chi connectivity index (χ2v) is 6.14. The topological polar surface area (TPSA) is 49.3 Å². The van der Waals surface area contributed by atoms with Crippen molar-refractivity contribution >= 4 is 17.7 Å². The zero-order chi connectivity index (χ0) is 12.0. The minimum atomic E-state index is -0.698. The van der Waals surface area contributed by atoms with Gasteiger partial charge in [-0.2, -0.15) is 11.8 Å². The van der Waals surface area contributed by atoms with E-state index in [9.17, 15) is 4.79 Å². The smallest absolute Gasteiger partial charge is 0.320 e. The largest absolute Gasteiger partial charge is 0.480 e. The summed E-state index contributed by atoms with van der Waals surface area (Å²) < 4.78 is 0. The molecular formula is C12H23NO2S. The quantitative estimate of drug-likeness (QED) is 0.612. The molecule has 0 aliphatic heterocycles. The van der Waals surface area contributed by atoms with Crippen molar-refractivity contribution in [3.8, 4) is 0 Å². The number of hydrogen-bond acceptors (Lipinski definition) is 3. The summed E-state index contributed by atoms with van der Waals surface area (Å²) >= 11 is 1.87. The van der Waals surface area contributed by atoms with Gasteiger partial charge in [-0.3, -0.25) is 4.79 Å². The predicted molar refractivity (Wildman–Crippen MR) is 69.0 cm³/mol. The molecule has 1 unspecified atom stereocenters. The normalized spacial score (nSPS) is 17.7. The van der Waals surface area contributed by atoms with E-state index >= 15 is 0 Å². The molecule has 1 aliphatic rings. The number of carbonyl (C=O) groups is 1. The molecule has 0 heterocycles. The highest BCUT2D eigenvalue weighted by Crippen LogP contribution is 2.20. The minimum absolute atomic E-state index is 0.334. The van der Waals surface area contributed by atoms with E-state index in [1.54, 1.807) is 0 Å². The van der Waals surface area contributed by atoms with E-state index < -0.39 is 5.97 Å². The first kappa shape index (κ1) is 13.8. The Morgan fingerprint density at radius 2 is 2.00 bits per heavy atom. The molecule has 1 fully saturated rings. The number of nitrogens with one attached hydrogen (secondary N) is 1. The molecule has 3 nitrogen and oxygen atoms in total. The first-order valence-corrected chi connectivity index (χ1v) is 7.31. The number of hydrogen-bond donors (Lipinski definition) is 2. The maximum Gasteiger partial charge on any atom is 0.320 e. The third-order valence-electron chi connectivity index (χ3n) is 2.70. The molecule has 1 saturated carbocycles. The van der Waals surface area contributed by atoms with Crippen molar-refractivity contribution in [2.24, 2.45) is 5.92 Å². The van der Waals surface area contributed by atoms with E-state index in [0.29, 0.717) is 6.04 Å². The van der Waals surface area contributed by atoms with Crippen LogP contribution in [0.3, 0.4) is 0 Å². The van der Waals surface area contributed by atoms with Crippen molar-refractivity contribution in [1.82, 2.24) is 5.32 Å². The first-order valence-electron chi connectivity index (χ1n) is 6.16. The molecule has 1 atom stereocenters. The lowest BCUT2D eigenvalue weighted by molar-refractivity contribution is -0.139. The SMILES string of the molecule is CC(C)CCSCCC(NC1CC1)C(=O)O. The van der Waals surface area contributed by atoms with Crippen LogP contribution in [-0.4, -0.2) is 34.7 Å². The van der Waals surface area contributed by atoms with Gasteiger partial charge in [-0.1, -0.05) is 13.8 Å². The van der Waals surface area contributed by atoms with Crippen LogP contribution >= 0.6 is 11.8 Å². The number of aliphatic carboxylic acids is 1. The zero-order valence-corrected chi connectivity index (χ0v) is 11.1. The molecular weight excluding hydrogens is 222 g/mol. The molecule has 0 aromatic rings. The Balaban J connectivity index is 2.05. The highest BCUT2D eigenvalue weighted by Gasteiger charge is 2.27. The van der Waals surface area contributed by atoms with E-state index in [-0.39, 0.29) is 6.04 Å². The lowest BCUT2D eigenvalue weighted by Crippen LogP contribution is -2.38. The third-order valence-corrected chi connectivity index (χ3v) is 3.75. The van der Waals surface area contributed by atoms with Gasteiger partial charge in [0.25, 0.3) is 0 Å². The molecule has 1 rings (SSSR count). The number of thioether (sulfide) groups is 1. The monoisotopic (exact) mass is 245 g/mol. The molecule has 0 spiro atoms. The van der Waals surface area contributed by atoms with Gasteiger partial charge in [0, 0.05) is 6.04 Å². The van der Waals surface area contributed by atoms with Gasteiger partial charge in [-0.15, -0.1) is 0 Å². The van der Waals surface area contributed by atoms with Crippen LogP contribution in [0.2, 0.25) is 0 Å². The maximum atomic E-state index is 11.0. The van der Waals surface area contributed by atoms with E-state index in [1.165, 1.54) is 6.42 Å². The second-order valence-electron chi connectivity index (χ2n) is 4.92. The highest BCUT2D eigenvalue weighted by atomic mass is 32.2. The summed E-state index contributed by atoms with van der Waals surface area (Å²) in [6, 6.07) is 0.140. The van der Waals surface area contributed by atoms with Gasteiger partial charge in [-0.05, 0) is 43.1 Å². The molecule has 2 N–H and O–H groups in total. The molecule has 4 heteroatoms. The summed E-state index contributed by atoms with van der Waals surface area (Å²) in [4.78, 5) is 11.0. The Bertz CT molecular complexity index is 217. The van der Waals surface area contributed by atoms with Gasteiger partial charge >= 0.3 is 5.97 Å². The number of carboxylic acid groups (broad SMARTS) is 1. The fourth-order valence-electron chi connectivity index (χ4n) is 1.43. The Morgan fingerprint density at radius 3 is 2.50 bits per heavy atom. The molecule has 0 aromatic carbocycles. The third kappa shape index (κ3) is 6.38. The lowest BCUT2D eigenvalue weighted by atomic mass is 10.2.